The molecule has 1 aliphatic carbocycles. The van der Waals surface area contributed by atoms with Crippen LogP contribution in [0.25, 0.3) is 42.1 Å². The van der Waals surface area contributed by atoms with E-state index in [0.717, 1.165) is 5.69 Å². The second-order valence-electron chi connectivity index (χ2n) is 11.0. The van der Waals surface area contributed by atoms with Gasteiger partial charge in [-0.25, -0.2) is 0 Å². The number of rotatable bonds is 3. The fourth-order valence-corrected chi connectivity index (χ4v) is 7.65. The highest BCUT2D eigenvalue weighted by molar-refractivity contribution is 7.26. The molecule has 0 radical (unpaired) electrons. The summed E-state index contributed by atoms with van der Waals surface area (Å²) >= 11 is 1.87. The third-order valence-electron chi connectivity index (χ3n) is 8.42. The monoisotopic (exact) mass is 517 g/mol. The van der Waals surface area contributed by atoms with Crippen molar-refractivity contribution in [3.63, 3.8) is 0 Å². The Morgan fingerprint density at radius 2 is 1.31 bits per heavy atom. The molecule has 1 heterocycles. The zero-order chi connectivity index (χ0) is 26.1. The van der Waals surface area contributed by atoms with Crippen molar-refractivity contribution >= 4 is 59.3 Å². The molecule has 0 bridgehead atoms. The molecule has 0 fully saturated rings. The summed E-state index contributed by atoms with van der Waals surface area (Å²) < 4.78 is 2.64. The van der Waals surface area contributed by atoms with E-state index in [0.29, 0.717) is 0 Å². The SMILES string of the molecule is CC1(C)c2ccccc2-c2cc3ccc(N(c4ccccc4)c4cccc5sc6ccccc6c45)cc3cc21. The molecule has 8 rings (SSSR count). The van der Waals surface area contributed by atoms with E-state index >= 15 is 0 Å². The summed E-state index contributed by atoms with van der Waals surface area (Å²) in [7, 11) is 0. The lowest BCUT2D eigenvalue weighted by atomic mass is 9.82. The lowest BCUT2D eigenvalue weighted by molar-refractivity contribution is 0.661. The van der Waals surface area contributed by atoms with Crippen LogP contribution in [0.3, 0.4) is 0 Å². The summed E-state index contributed by atoms with van der Waals surface area (Å²) in [5, 5.41) is 5.17. The van der Waals surface area contributed by atoms with Gasteiger partial charge in [-0.15, -0.1) is 11.3 Å². The van der Waals surface area contributed by atoms with Crippen LogP contribution in [0.15, 0.2) is 127 Å². The molecule has 6 aromatic carbocycles. The molecule has 7 aromatic rings. The van der Waals surface area contributed by atoms with Gasteiger partial charge in [-0.2, -0.15) is 0 Å². The molecular weight excluding hydrogens is 490 g/mol. The quantitative estimate of drug-likeness (QED) is 0.225. The van der Waals surface area contributed by atoms with Crippen LogP contribution in [0.2, 0.25) is 0 Å². The Bertz CT molecular complexity index is 2050. The second kappa shape index (κ2) is 8.30. The zero-order valence-electron chi connectivity index (χ0n) is 22.0. The van der Waals surface area contributed by atoms with E-state index in [-0.39, 0.29) is 5.41 Å². The van der Waals surface area contributed by atoms with E-state index in [4.69, 9.17) is 0 Å². The smallest absolute Gasteiger partial charge is 0.0554 e. The molecule has 2 heteroatoms. The molecular formula is C37H27NS. The van der Waals surface area contributed by atoms with Crippen molar-refractivity contribution in [1.82, 2.24) is 0 Å². The molecule has 0 unspecified atom stereocenters. The number of thiophene rings is 1. The van der Waals surface area contributed by atoms with E-state index in [1.807, 2.05) is 11.3 Å². The van der Waals surface area contributed by atoms with Gasteiger partial charge in [-0.1, -0.05) is 86.6 Å². The fraction of sp³-hybridized carbons (Fsp3) is 0.0811. The molecule has 1 nitrogen and oxygen atoms in total. The summed E-state index contributed by atoms with van der Waals surface area (Å²) in [5.41, 5.74) is 9.08. The fourth-order valence-electron chi connectivity index (χ4n) is 6.52. The number of anilines is 3. The Labute approximate surface area is 232 Å². The maximum Gasteiger partial charge on any atom is 0.0554 e. The molecule has 1 aliphatic rings. The minimum absolute atomic E-state index is 0.0174. The van der Waals surface area contributed by atoms with Gasteiger partial charge in [0, 0.05) is 37.0 Å². The molecule has 0 N–H and O–H groups in total. The molecule has 39 heavy (non-hydrogen) atoms. The van der Waals surface area contributed by atoms with Crippen molar-refractivity contribution in [3.8, 4) is 11.1 Å². The molecule has 0 amide bonds. The van der Waals surface area contributed by atoms with Gasteiger partial charge in [-0.3, -0.25) is 0 Å². The van der Waals surface area contributed by atoms with Crippen molar-refractivity contribution in [2.24, 2.45) is 0 Å². The van der Waals surface area contributed by atoms with Crippen molar-refractivity contribution < 1.29 is 0 Å². The van der Waals surface area contributed by atoms with Crippen LogP contribution in [0.4, 0.5) is 17.1 Å². The minimum atomic E-state index is -0.0174. The van der Waals surface area contributed by atoms with E-state index in [9.17, 15) is 0 Å². The topological polar surface area (TPSA) is 3.24 Å². The number of hydrogen-bond acceptors (Lipinski definition) is 2. The van der Waals surface area contributed by atoms with Crippen molar-refractivity contribution in [1.29, 1.82) is 0 Å². The van der Waals surface area contributed by atoms with Crippen molar-refractivity contribution in [3.05, 3.63) is 139 Å². The highest BCUT2D eigenvalue weighted by atomic mass is 32.1. The standard InChI is InChI=1S/C37H27NS/c1-37(2)31-15-8-6-13-28(31)30-22-24-19-20-27(21-25(24)23-32(30)37)38(26-11-4-3-5-12-26)33-16-10-18-35-36(33)29-14-7-9-17-34(29)39-35/h3-23H,1-2H3. The normalized spacial score (nSPS) is 13.6. The van der Waals surface area contributed by atoms with Gasteiger partial charge in [-0.05, 0) is 87.6 Å². The average molecular weight is 518 g/mol. The first-order valence-corrected chi connectivity index (χ1v) is 14.3. The summed E-state index contributed by atoms with van der Waals surface area (Å²) in [6.45, 7) is 4.71. The van der Waals surface area contributed by atoms with Crippen molar-refractivity contribution in [2.45, 2.75) is 19.3 Å². The van der Waals surface area contributed by atoms with Gasteiger partial charge in [0.05, 0.1) is 5.69 Å². The third kappa shape index (κ3) is 3.32. The van der Waals surface area contributed by atoms with Gasteiger partial charge in [0.25, 0.3) is 0 Å². The Balaban J connectivity index is 1.37. The minimum Gasteiger partial charge on any atom is -0.310 e. The van der Waals surface area contributed by atoms with E-state index in [1.54, 1.807) is 0 Å². The van der Waals surface area contributed by atoms with Crippen LogP contribution in [0, 0.1) is 0 Å². The third-order valence-corrected chi connectivity index (χ3v) is 9.55. The Kier molecular flexibility index (Phi) is 4.80. The number of para-hydroxylation sites is 1. The van der Waals surface area contributed by atoms with Crippen LogP contribution in [-0.4, -0.2) is 0 Å². The highest BCUT2D eigenvalue weighted by Gasteiger charge is 2.35. The van der Waals surface area contributed by atoms with Gasteiger partial charge >= 0.3 is 0 Å². The first-order chi connectivity index (χ1) is 19.1. The van der Waals surface area contributed by atoms with Crippen LogP contribution < -0.4 is 4.90 Å². The Morgan fingerprint density at radius 1 is 0.538 bits per heavy atom. The second-order valence-corrected chi connectivity index (χ2v) is 12.1. The van der Waals surface area contributed by atoms with Crippen LogP contribution in [-0.2, 0) is 5.41 Å². The molecule has 0 saturated carbocycles. The summed E-state index contributed by atoms with van der Waals surface area (Å²) in [5.74, 6) is 0. The van der Waals surface area contributed by atoms with E-state index in [2.05, 4.69) is 146 Å². The van der Waals surface area contributed by atoms with Crippen molar-refractivity contribution in [2.75, 3.05) is 4.90 Å². The predicted octanol–water partition coefficient (Wildman–Crippen LogP) is 11.0. The van der Waals surface area contributed by atoms with Gasteiger partial charge in [0.15, 0.2) is 0 Å². The highest BCUT2D eigenvalue weighted by Crippen LogP contribution is 2.50. The summed E-state index contributed by atoms with van der Waals surface area (Å²) in [6.07, 6.45) is 0. The molecule has 0 spiro atoms. The lowest BCUT2D eigenvalue weighted by Gasteiger charge is -2.27. The van der Waals surface area contributed by atoms with Crippen LogP contribution in [0.5, 0.6) is 0 Å². The van der Waals surface area contributed by atoms with Gasteiger partial charge in [0.1, 0.15) is 0 Å². The number of nitrogens with zero attached hydrogens (tertiary/aromatic N) is 1. The zero-order valence-corrected chi connectivity index (χ0v) is 22.8. The lowest BCUT2D eigenvalue weighted by Crippen LogP contribution is -2.14. The van der Waals surface area contributed by atoms with Gasteiger partial charge in [0.2, 0.25) is 0 Å². The maximum absolute atomic E-state index is 2.43. The van der Waals surface area contributed by atoms with Crippen LogP contribution in [0.1, 0.15) is 25.0 Å². The summed E-state index contributed by atoms with van der Waals surface area (Å²) in [4.78, 5) is 2.42. The first-order valence-electron chi connectivity index (χ1n) is 13.5. The number of fused-ring (bicyclic) bond motifs is 7. The van der Waals surface area contributed by atoms with E-state index < -0.39 is 0 Å². The summed E-state index contributed by atoms with van der Waals surface area (Å²) in [6, 6.07) is 46.9. The largest absolute Gasteiger partial charge is 0.310 e. The maximum atomic E-state index is 2.43. The Hall–Kier alpha value is -4.40. The Morgan fingerprint density at radius 3 is 2.21 bits per heavy atom. The molecule has 186 valence electrons. The molecule has 1 aromatic heterocycles. The average Bonchev–Trinajstić information content (AvgIpc) is 3.46. The van der Waals surface area contributed by atoms with Crippen LogP contribution >= 0.6 is 11.3 Å². The molecule has 0 aliphatic heterocycles. The molecule has 0 atom stereocenters. The number of benzene rings is 6. The molecule has 0 saturated heterocycles. The van der Waals surface area contributed by atoms with Gasteiger partial charge < -0.3 is 4.90 Å². The number of hydrogen-bond donors (Lipinski definition) is 0. The predicted molar refractivity (Wildman–Crippen MR) is 169 cm³/mol. The first kappa shape index (κ1) is 22.6. The van der Waals surface area contributed by atoms with E-state index in [1.165, 1.54) is 64.6 Å².